The van der Waals surface area contributed by atoms with Gasteiger partial charge in [0.25, 0.3) is 5.91 Å². The monoisotopic (exact) mass is 458 g/mol. The Morgan fingerprint density at radius 1 is 0.912 bits per heavy atom. The van der Waals surface area contributed by atoms with Crippen molar-refractivity contribution >= 4 is 23.5 Å². The molecule has 3 aromatic rings. The van der Waals surface area contributed by atoms with E-state index in [9.17, 15) is 9.59 Å². The summed E-state index contributed by atoms with van der Waals surface area (Å²) in [7, 11) is 0. The summed E-state index contributed by atoms with van der Waals surface area (Å²) in [6.07, 6.45) is 0. The molecule has 0 bridgehead atoms. The van der Waals surface area contributed by atoms with Gasteiger partial charge in [0.2, 0.25) is 5.91 Å². The van der Waals surface area contributed by atoms with Crippen molar-refractivity contribution in [1.82, 2.24) is 20.2 Å². The van der Waals surface area contributed by atoms with E-state index >= 15 is 0 Å². The van der Waals surface area contributed by atoms with Crippen LogP contribution in [0.1, 0.15) is 22.8 Å². The third kappa shape index (κ3) is 5.89. The lowest BCUT2D eigenvalue weighted by Gasteiger charge is -2.35. The van der Waals surface area contributed by atoms with E-state index in [4.69, 9.17) is 4.98 Å². The quantitative estimate of drug-likeness (QED) is 0.529. The maximum atomic E-state index is 12.9. The molecule has 2 amide bonds. The van der Waals surface area contributed by atoms with Crippen LogP contribution in [0.4, 0.5) is 11.6 Å². The van der Waals surface area contributed by atoms with Crippen molar-refractivity contribution in [2.75, 3.05) is 49.5 Å². The van der Waals surface area contributed by atoms with Crippen molar-refractivity contribution in [2.45, 2.75) is 13.8 Å². The molecule has 34 heavy (non-hydrogen) atoms. The van der Waals surface area contributed by atoms with Gasteiger partial charge in [-0.1, -0.05) is 48.0 Å². The van der Waals surface area contributed by atoms with Crippen LogP contribution in [0.25, 0.3) is 11.4 Å². The summed E-state index contributed by atoms with van der Waals surface area (Å²) in [6.45, 7) is 7.20. The van der Waals surface area contributed by atoms with E-state index in [0.717, 1.165) is 22.5 Å². The minimum absolute atomic E-state index is 0.0618. The molecule has 176 valence electrons. The first-order valence-corrected chi connectivity index (χ1v) is 11.5. The predicted octanol–water partition coefficient (Wildman–Crippen LogP) is 2.96. The highest BCUT2D eigenvalue weighted by atomic mass is 16.2. The van der Waals surface area contributed by atoms with Crippen LogP contribution in [0.3, 0.4) is 0 Å². The topological polar surface area (TPSA) is 90.5 Å². The second kappa shape index (κ2) is 10.8. The summed E-state index contributed by atoms with van der Waals surface area (Å²) in [5.74, 6) is 2.16. The van der Waals surface area contributed by atoms with E-state index in [-0.39, 0.29) is 11.8 Å². The molecule has 8 nitrogen and oxygen atoms in total. The number of nitrogens with one attached hydrogen (secondary N) is 2. The molecule has 4 rings (SSSR count). The third-order valence-corrected chi connectivity index (χ3v) is 5.71. The Balaban J connectivity index is 1.48. The molecule has 0 spiro atoms. The fourth-order valence-electron chi connectivity index (χ4n) is 3.93. The van der Waals surface area contributed by atoms with Gasteiger partial charge in [-0.3, -0.25) is 9.59 Å². The molecule has 1 fully saturated rings. The smallest absolute Gasteiger partial charge is 0.253 e. The van der Waals surface area contributed by atoms with Gasteiger partial charge in [-0.2, -0.15) is 0 Å². The average Bonchev–Trinajstić information content (AvgIpc) is 2.86. The first kappa shape index (κ1) is 23.2. The van der Waals surface area contributed by atoms with Gasteiger partial charge < -0.3 is 20.4 Å². The van der Waals surface area contributed by atoms with E-state index in [1.807, 2.05) is 72.5 Å². The van der Waals surface area contributed by atoms with Crippen molar-refractivity contribution in [2.24, 2.45) is 0 Å². The molecule has 0 unspecified atom stereocenters. The molecule has 0 atom stereocenters. The van der Waals surface area contributed by atoms with Crippen molar-refractivity contribution in [3.63, 3.8) is 0 Å². The number of amides is 2. The molecular weight excluding hydrogens is 428 g/mol. The van der Waals surface area contributed by atoms with Crippen LogP contribution in [0.15, 0.2) is 60.7 Å². The zero-order chi connectivity index (χ0) is 23.9. The molecule has 0 radical (unpaired) electrons. The normalized spacial score (nSPS) is 13.5. The highest BCUT2D eigenvalue weighted by Gasteiger charge is 2.24. The minimum atomic E-state index is -0.0618. The second-order valence-electron chi connectivity index (χ2n) is 8.36. The van der Waals surface area contributed by atoms with E-state index in [1.54, 1.807) is 0 Å². The highest BCUT2D eigenvalue weighted by molar-refractivity contribution is 5.94. The van der Waals surface area contributed by atoms with Gasteiger partial charge in [0.1, 0.15) is 11.6 Å². The molecule has 2 aromatic carbocycles. The Morgan fingerprint density at radius 3 is 2.38 bits per heavy atom. The van der Waals surface area contributed by atoms with E-state index < -0.39 is 0 Å². The van der Waals surface area contributed by atoms with Gasteiger partial charge >= 0.3 is 0 Å². The number of carbonyl (C=O) groups excluding carboxylic acids is 2. The van der Waals surface area contributed by atoms with Gasteiger partial charge in [-0.05, 0) is 19.1 Å². The van der Waals surface area contributed by atoms with Crippen LogP contribution < -0.4 is 15.5 Å². The van der Waals surface area contributed by atoms with Gasteiger partial charge in [-0.15, -0.1) is 0 Å². The van der Waals surface area contributed by atoms with Crippen LogP contribution >= 0.6 is 0 Å². The fourth-order valence-corrected chi connectivity index (χ4v) is 3.93. The minimum Gasteiger partial charge on any atom is -0.368 e. The standard InChI is InChI=1S/C26H30N6O2/c1-19-7-6-10-22(17-19)26(34)32-15-13-31(14-16-32)24-18-23(28-12-11-27-20(2)33)29-25(30-24)21-8-4-3-5-9-21/h3-10,17-18H,11-16H2,1-2H3,(H,27,33)(H,28,29,30). The van der Waals surface area contributed by atoms with Crippen LogP contribution in [-0.4, -0.2) is 66.0 Å². The summed E-state index contributed by atoms with van der Waals surface area (Å²) in [6, 6.07) is 19.5. The number of benzene rings is 2. The van der Waals surface area contributed by atoms with Crippen molar-refractivity contribution in [1.29, 1.82) is 0 Å². The van der Waals surface area contributed by atoms with Gasteiger partial charge in [-0.25, -0.2) is 9.97 Å². The van der Waals surface area contributed by atoms with E-state index in [2.05, 4.69) is 20.5 Å². The van der Waals surface area contributed by atoms with Crippen LogP contribution in [0.2, 0.25) is 0 Å². The predicted molar refractivity (Wildman–Crippen MR) is 134 cm³/mol. The molecule has 2 heterocycles. The fraction of sp³-hybridized carbons (Fsp3) is 0.308. The van der Waals surface area contributed by atoms with E-state index in [0.29, 0.717) is 50.9 Å². The lowest BCUT2D eigenvalue weighted by Crippen LogP contribution is -2.49. The number of piperazine rings is 1. The van der Waals surface area contributed by atoms with Gasteiger partial charge in [0, 0.05) is 63.4 Å². The van der Waals surface area contributed by atoms with Crippen molar-refractivity contribution < 1.29 is 9.59 Å². The number of hydrogen-bond acceptors (Lipinski definition) is 6. The molecule has 0 saturated carbocycles. The number of hydrogen-bond donors (Lipinski definition) is 2. The molecule has 2 N–H and O–H groups in total. The molecule has 1 aliphatic heterocycles. The maximum absolute atomic E-state index is 12.9. The van der Waals surface area contributed by atoms with Gasteiger partial charge in [0.05, 0.1) is 0 Å². The van der Waals surface area contributed by atoms with Crippen molar-refractivity contribution in [3.8, 4) is 11.4 Å². The Morgan fingerprint density at radius 2 is 1.68 bits per heavy atom. The SMILES string of the molecule is CC(=O)NCCNc1cc(N2CCN(C(=O)c3cccc(C)c3)CC2)nc(-c2ccccc2)n1. The Hall–Kier alpha value is -3.94. The number of nitrogens with zero attached hydrogens (tertiary/aromatic N) is 4. The number of aromatic nitrogens is 2. The number of aryl methyl sites for hydroxylation is 1. The van der Waals surface area contributed by atoms with Crippen LogP contribution in [0, 0.1) is 6.92 Å². The largest absolute Gasteiger partial charge is 0.368 e. The molecule has 0 aliphatic carbocycles. The van der Waals surface area contributed by atoms with Gasteiger partial charge in [0.15, 0.2) is 5.82 Å². The molecule has 1 aliphatic rings. The second-order valence-corrected chi connectivity index (χ2v) is 8.36. The first-order chi connectivity index (χ1) is 16.5. The van der Waals surface area contributed by atoms with E-state index in [1.165, 1.54) is 6.92 Å². The summed E-state index contributed by atoms with van der Waals surface area (Å²) >= 11 is 0. The Kier molecular flexibility index (Phi) is 7.37. The summed E-state index contributed by atoms with van der Waals surface area (Å²) in [4.78, 5) is 37.7. The Labute approximate surface area is 200 Å². The first-order valence-electron chi connectivity index (χ1n) is 11.5. The summed E-state index contributed by atoms with van der Waals surface area (Å²) in [5, 5.41) is 6.07. The maximum Gasteiger partial charge on any atom is 0.253 e. The zero-order valence-corrected chi connectivity index (χ0v) is 19.6. The van der Waals surface area contributed by atoms with Crippen LogP contribution in [-0.2, 0) is 4.79 Å². The summed E-state index contributed by atoms with van der Waals surface area (Å²) < 4.78 is 0. The third-order valence-electron chi connectivity index (χ3n) is 5.71. The summed E-state index contributed by atoms with van der Waals surface area (Å²) in [5.41, 5.74) is 2.74. The van der Waals surface area contributed by atoms with Crippen molar-refractivity contribution in [3.05, 3.63) is 71.8 Å². The number of carbonyl (C=O) groups is 2. The lowest BCUT2D eigenvalue weighted by molar-refractivity contribution is -0.118. The Bertz CT molecular complexity index is 1140. The molecule has 1 saturated heterocycles. The lowest BCUT2D eigenvalue weighted by atomic mass is 10.1. The zero-order valence-electron chi connectivity index (χ0n) is 19.6. The molecule has 8 heteroatoms. The highest BCUT2D eigenvalue weighted by Crippen LogP contribution is 2.24. The number of anilines is 2. The average molecular weight is 459 g/mol. The van der Waals surface area contributed by atoms with Crippen LogP contribution in [0.5, 0.6) is 0 Å². The molecular formula is C26H30N6O2. The number of rotatable bonds is 7. The molecule has 1 aromatic heterocycles.